The Hall–Kier alpha value is -7.32. The van der Waals surface area contributed by atoms with Crippen LogP contribution in [0.5, 0.6) is 11.5 Å². The van der Waals surface area contributed by atoms with Crippen LogP contribution in [0.3, 0.4) is 0 Å². The first-order chi connectivity index (χ1) is 33.3. The van der Waals surface area contributed by atoms with Crippen LogP contribution in [0.1, 0.15) is 103 Å². The molecule has 8 heteroatoms. The number of aromatic nitrogens is 2. The molecule has 10 rings (SSSR count). The van der Waals surface area contributed by atoms with Crippen molar-refractivity contribution in [3.63, 3.8) is 0 Å². The molecule has 1 aliphatic heterocycles. The van der Waals surface area contributed by atoms with E-state index in [1.165, 1.54) is 16.7 Å². The molecule has 70 heavy (non-hydrogen) atoms. The van der Waals surface area contributed by atoms with E-state index in [0.717, 1.165) is 73.5 Å². The number of ether oxygens (including phenoxy) is 1. The number of benzene rings is 7. The minimum atomic E-state index is -0.969. The van der Waals surface area contributed by atoms with Gasteiger partial charge in [0.25, 0.3) is 0 Å². The van der Waals surface area contributed by atoms with Gasteiger partial charge in [-0.2, -0.15) is 0 Å². The Kier molecular flexibility index (Phi) is 11.7. The summed E-state index contributed by atoms with van der Waals surface area (Å²) in [5.74, 6) is -0.285. The Labute approximate surface area is 409 Å². The molecular formula is C62H59F3N4O. The molecule has 0 unspecified atom stereocenters. The minimum Gasteiger partial charge on any atom is -0.457 e. The lowest BCUT2D eigenvalue weighted by Crippen LogP contribution is -2.25. The number of hydrogen-bond donors (Lipinski definition) is 0. The van der Waals surface area contributed by atoms with Crippen LogP contribution in [0.4, 0.5) is 35.9 Å². The Balaban J connectivity index is 1.10. The first kappa shape index (κ1) is 46.4. The van der Waals surface area contributed by atoms with Gasteiger partial charge in [-0.3, -0.25) is 4.57 Å². The van der Waals surface area contributed by atoms with Gasteiger partial charge < -0.3 is 14.5 Å². The Morgan fingerprint density at radius 3 is 1.83 bits per heavy atom. The highest BCUT2D eigenvalue weighted by Gasteiger charge is 2.34. The molecule has 0 N–H and O–H groups in total. The van der Waals surface area contributed by atoms with Crippen LogP contribution in [0, 0.1) is 17.5 Å². The van der Waals surface area contributed by atoms with Gasteiger partial charge in [0.05, 0.1) is 33.7 Å². The minimum absolute atomic E-state index is 0.0561. The van der Waals surface area contributed by atoms with Crippen LogP contribution in [0.25, 0.3) is 49.9 Å². The maximum absolute atomic E-state index is 16.4. The number of anilines is 4. The summed E-state index contributed by atoms with van der Waals surface area (Å²) in [6.07, 6.45) is 1.88. The van der Waals surface area contributed by atoms with Crippen LogP contribution in [0.15, 0.2) is 152 Å². The lowest BCUT2D eigenvalue weighted by molar-refractivity contribution is 0.483. The fourth-order valence-corrected chi connectivity index (χ4v) is 9.81. The van der Waals surface area contributed by atoms with E-state index < -0.39 is 22.9 Å². The Morgan fingerprint density at radius 1 is 0.543 bits per heavy atom. The number of fused-ring (bicyclic) bond motifs is 4. The number of rotatable bonds is 9. The van der Waals surface area contributed by atoms with Crippen molar-refractivity contribution < 1.29 is 17.9 Å². The highest BCUT2D eigenvalue weighted by Crippen LogP contribution is 2.53. The molecule has 0 saturated heterocycles. The van der Waals surface area contributed by atoms with E-state index in [1.54, 1.807) is 0 Å². The second-order valence-corrected chi connectivity index (χ2v) is 21.4. The fourth-order valence-electron chi connectivity index (χ4n) is 9.81. The first-order valence-electron chi connectivity index (χ1n) is 24.2. The number of halogens is 3. The molecule has 0 amide bonds. The molecule has 0 aliphatic carbocycles. The third-order valence-corrected chi connectivity index (χ3v) is 13.7. The summed E-state index contributed by atoms with van der Waals surface area (Å²) >= 11 is 0. The summed E-state index contributed by atoms with van der Waals surface area (Å²) in [7, 11) is 0. The van der Waals surface area contributed by atoms with Gasteiger partial charge in [0.2, 0.25) is 0 Å². The highest BCUT2D eigenvalue weighted by molar-refractivity contribution is 6.09. The van der Waals surface area contributed by atoms with Crippen molar-refractivity contribution in [1.82, 2.24) is 9.55 Å². The third kappa shape index (κ3) is 8.48. The molecule has 3 heterocycles. The normalized spacial score (nSPS) is 13.1. The highest BCUT2D eigenvalue weighted by atomic mass is 19.1. The van der Waals surface area contributed by atoms with Gasteiger partial charge in [0.15, 0.2) is 0 Å². The predicted octanol–water partition coefficient (Wildman–Crippen LogP) is 17.8. The molecule has 0 radical (unpaired) electrons. The van der Waals surface area contributed by atoms with Gasteiger partial charge in [-0.15, -0.1) is 0 Å². The lowest BCUT2D eigenvalue weighted by Gasteiger charge is -2.31. The molecule has 7 aromatic carbocycles. The summed E-state index contributed by atoms with van der Waals surface area (Å²) in [5.41, 5.74) is 11.1. The molecule has 0 atom stereocenters. The largest absolute Gasteiger partial charge is 0.457 e. The fraction of sp³-hybridized carbons (Fsp3) is 0.242. The Bertz CT molecular complexity index is 3430. The van der Waals surface area contributed by atoms with Gasteiger partial charge in [0.1, 0.15) is 41.4 Å². The molecule has 0 bridgehead atoms. The van der Waals surface area contributed by atoms with E-state index in [4.69, 9.17) is 9.72 Å². The molecule has 9 aromatic rings. The topological polar surface area (TPSA) is 33.5 Å². The van der Waals surface area contributed by atoms with Crippen molar-refractivity contribution in [1.29, 1.82) is 0 Å². The molecule has 0 spiro atoms. The maximum atomic E-state index is 16.4. The van der Waals surface area contributed by atoms with Crippen LogP contribution < -0.4 is 14.5 Å². The zero-order chi connectivity index (χ0) is 49.4. The van der Waals surface area contributed by atoms with Gasteiger partial charge >= 0.3 is 0 Å². The van der Waals surface area contributed by atoms with Gasteiger partial charge in [-0.1, -0.05) is 124 Å². The number of para-hydroxylation sites is 3. The molecule has 0 saturated carbocycles. The zero-order valence-corrected chi connectivity index (χ0v) is 41.6. The van der Waals surface area contributed by atoms with Crippen LogP contribution in [0.2, 0.25) is 0 Å². The van der Waals surface area contributed by atoms with Crippen molar-refractivity contribution in [3.05, 3.63) is 191 Å². The van der Waals surface area contributed by atoms with Crippen molar-refractivity contribution in [2.75, 3.05) is 16.5 Å². The maximum Gasteiger partial charge on any atom is 0.137 e. The average molecular weight is 933 g/mol. The SMILES string of the molecule is CC(C)c1cc(-c2cc(C(C)(C)C)cc(-c3c(F)cc(F)cc3F)c2N2CN(c3cccc(Oc4ccc5c6ccccc6n(-c6cc(C(C)(C)C)ccn6)c5c4)c3)c3ccccc32)cc(C(C)C)c1. The molecule has 1 aliphatic rings. The van der Waals surface area contributed by atoms with E-state index in [1.807, 2.05) is 60.8 Å². The van der Waals surface area contributed by atoms with E-state index in [2.05, 4.69) is 162 Å². The van der Waals surface area contributed by atoms with E-state index in [0.29, 0.717) is 29.4 Å². The summed E-state index contributed by atoms with van der Waals surface area (Å²) in [4.78, 5) is 9.21. The number of pyridine rings is 1. The molecule has 2 aromatic heterocycles. The van der Waals surface area contributed by atoms with E-state index >= 15 is 8.78 Å². The second kappa shape index (κ2) is 17.6. The molecule has 0 fully saturated rings. The van der Waals surface area contributed by atoms with Crippen molar-refractivity contribution in [3.8, 4) is 39.6 Å². The van der Waals surface area contributed by atoms with Gasteiger partial charge in [0, 0.05) is 58.0 Å². The summed E-state index contributed by atoms with van der Waals surface area (Å²) in [5, 5.41) is 2.22. The summed E-state index contributed by atoms with van der Waals surface area (Å²) in [6.45, 7) is 21.9. The molecular weight excluding hydrogens is 874 g/mol. The quantitative estimate of drug-likeness (QED) is 0.144. The van der Waals surface area contributed by atoms with E-state index in [9.17, 15) is 4.39 Å². The molecule has 5 nitrogen and oxygen atoms in total. The van der Waals surface area contributed by atoms with Crippen molar-refractivity contribution in [2.45, 2.75) is 91.9 Å². The number of hydrogen-bond acceptors (Lipinski definition) is 4. The van der Waals surface area contributed by atoms with Crippen LogP contribution in [-0.2, 0) is 10.8 Å². The molecule has 354 valence electrons. The second-order valence-electron chi connectivity index (χ2n) is 21.4. The smallest absolute Gasteiger partial charge is 0.137 e. The summed E-state index contributed by atoms with van der Waals surface area (Å²) < 4.78 is 56.5. The van der Waals surface area contributed by atoms with E-state index in [-0.39, 0.29) is 22.8 Å². The predicted molar refractivity (Wildman–Crippen MR) is 283 cm³/mol. The number of nitrogens with zero attached hydrogens (tertiary/aromatic N) is 4. The Morgan fingerprint density at radius 2 is 1.16 bits per heavy atom. The van der Waals surface area contributed by atoms with Crippen molar-refractivity contribution >= 4 is 44.6 Å². The van der Waals surface area contributed by atoms with Crippen LogP contribution >= 0.6 is 0 Å². The monoisotopic (exact) mass is 932 g/mol. The van der Waals surface area contributed by atoms with Gasteiger partial charge in [-0.05, 0) is 117 Å². The summed E-state index contributed by atoms with van der Waals surface area (Å²) in [6, 6.07) is 47.2. The van der Waals surface area contributed by atoms with Crippen LogP contribution in [-0.4, -0.2) is 16.2 Å². The van der Waals surface area contributed by atoms with Crippen molar-refractivity contribution in [2.24, 2.45) is 0 Å². The third-order valence-electron chi connectivity index (χ3n) is 13.7. The lowest BCUT2D eigenvalue weighted by atomic mass is 9.81. The first-order valence-corrected chi connectivity index (χ1v) is 24.2. The standard InChI is InChI=1S/C62H59F3N4O/c1-37(2)39-26-40(38(3)4)28-41(27-39)50-29-43(62(8,9)10)30-51(59-52(64)32-44(63)33-53(59)65)60(50)68-36-67(55-20-13-14-21-56(55)68)45-16-15-17-46(34-45)70-47-22-23-49-48-18-11-12-19-54(48)69(57(49)35-47)58-31-42(24-25-66-58)61(5,6)7/h11-35,37-38H,36H2,1-10H3. The zero-order valence-electron chi connectivity index (χ0n) is 41.6. The average Bonchev–Trinajstić information content (AvgIpc) is 3.86. The van der Waals surface area contributed by atoms with Gasteiger partial charge in [-0.25, -0.2) is 18.2 Å².